The molecule has 0 saturated heterocycles. The summed E-state index contributed by atoms with van der Waals surface area (Å²) in [6.07, 6.45) is 0.894. The molecule has 1 aromatic heterocycles. The molecule has 0 atom stereocenters. The molecule has 0 aliphatic carbocycles. The van der Waals surface area contributed by atoms with E-state index in [0.717, 1.165) is 46.4 Å². The molecule has 174 valence electrons. The average Bonchev–Trinajstić information content (AvgIpc) is 3.16. The summed E-state index contributed by atoms with van der Waals surface area (Å²) >= 11 is 0. The summed E-state index contributed by atoms with van der Waals surface area (Å²) in [5.74, 6) is 0.749. The lowest BCUT2D eigenvalue weighted by Crippen LogP contribution is -2.14. The SMILES string of the molecule is CCCn1c(-c2ccc(NS(=O)(=O)CC)cc2)c(C#N)c2ccc(OCc3ccccc3)cc21. The van der Waals surface area contributed by atoms with Crippen LogP contribution in [0, 0.1) is 11.3 Å². The van der Waals surface area contributed by atoms with Gasteiger partial charge in [-0.05, 0) is 48.7 Å². The lowest BCUT2D eigenvalue weighted by Gasteiger charge is -2.12. The summed E-state index contributed by atoms with van der Waals surface area (Å²) in [6.45, 7) is 4.89. The molecule has 4 aromatic rings. The number of aryl methyl sites for hydroxylation is 1. The molecule has 0 saturated carbocycles. The maximum absolute atomic E-state index is 11.9. The second-order valence-electron chi connectivity index (χ2n) is 8.02. The Morgan fingerprint density at radius 2 is 1.74 bits per heavy atom. The Hall–Kier alpha value is -3.76. The maximum atomic E-state index is 11.9. The molecule has 1 N–H and O–H groups in total. The summed E-state index contributed by atoms with van der Waals surface area (Å²) in [4.78, 5) is 0. The number of sulfonamides is 1. The second kappa shape index (κ2) is 10.0. The Bertz CT molecular complexity index is 1430. The molecule has 0 amide bonds. The summed E-state index contributed by atoms with van der Waals surface area (Å²) in [5, 5.41) is 10.9. The number of fused-ring (bicyclic) bond motifs is 1. The average molecular weight is 474 g/mol. The van der Waals surface area contributed by atoms with Crippen LogP contribution in [0.25, 0.3) is 22.2 Å². The predicted octanol–water partition coefficient (Wildman–Crippen LogP) is 5.93. The molecular formula is C27H27N3O3S. The van der Waals surface area contributed by atoms with Gasteiger partial charge in [-0.25, -0.2) is 8.42 Å². The van der Waals surface area contributed by atoms with Crippen molar-refractivity contribution in [1.82, 2.24) is 4.57 Å². The Morgan fingerprint density at radius 1 is 1.00 bits per heavy atom. The molecule has 0 aliphatic heterocycles. The molecule has 0 fully saturated rings. The number of anilines is 1. The summed E-state index contributed by atoms with van der Waals surface area (Å²) in [6, 6.07) is 25.3. The van der Waals surface area contributed by atoms with Gasteiger partial charge in [0.25, 0.3) is 0 Å². The van der Waals surface area contributed by atoms with E-state index in [4.69, 9.17) is 4.74 Å². The Labute approximate surface area is 200 Å². The van der Waals surface area contributed by atoms with Crippen molar-refractivity contribution in [3.8, 4) is 23.1 Å². The van der Waals surface area contributed by atoms with E-state index in [-0.39, 0.29) is 5.75 Å². The molecule has 4 rings (SSSR count). The standard InChI is InChI=1S/C27H27N3O3S/c1-3-16-30-26-17-23(33-19-20-8-6-5-7-9-20)14-15-24(26)25(18-28)27(30)21-10-12-22(13-11-21)29-34(31,32)4-2/h5-15,17,29H,3-4,16,19H2,1-2H3. The highest BCUT2D eigenvalue weighted by molar-refractivity contribution is 7.92. The lowest BCUT2D eigenvalue weighted by atomic mass is 10.1. The highest BCUT2D eigenvalue weighted by Crippen LogP contribution is 2.36. The molecule has 34 heavy (non-hydrogen) atoms. The fourth-order valence-electron chi connectivity index (χ4n) is 3.98. The summed E-state index contributed by atoms with van der Waals surface area (Å²) in [5.41, 5.74) is 4.80. The van der Waals surface area contributed by atoms with Crippen LogP contribution in [0.1, 0.15) is 31.4 Å². The van der Waals surface area contributed by atoms with Crippen LogP contribution in [0.4, 0.5) is 5.69 Å². The van der Waals surface area contributed by atoms with Gasteiger partial charge in [0.1, 0.15) is 18.4 Å². The van der Waals surface area contributed by atoms with Crippen LogP contribution in [0.15, 0.2) is 72.8 Å². The molecule has 0 aliphatic rings. The van der Waals surface area contributed by atoms with E-state index >= 15 is 0 Å². The Kier molecular flexibility index (Phi) is 6.90. The minimum atomic E-state index is -3.35. The number of hydrogen-bond donors (Lipinski definition) is 1. The molecule has 0 radical (unpaired) electrons. The molecule has 7 heteroatoms. The fraction of sp³-hybridized carbons (Fsp3) is 0.222. The van der Waals surface area contributed by atoms with Crippen molar-refractivity contribution in [2.24, 2.45) is 0 Å². The van der Waals surface area contributed by atoms with Gasteiger partial charge in [0, 0.05) is 23.7 Å². The first-order chi connectivity index (χ1) is 16.5. The molecule has 0 unspecified atom stereocenters. The van der Waals surface area contributed by atoms with Crippen molar-refractivity contribution in [1.29, 1.82) is 5.26 Å². The van der Waals surface area contributed by atoms with Gasteiger partial charge in [0.15, 0.2) is 0 Å². The van der Waals surface area contributed by atoms with E-state index in [9.17, 15) is 13.7 Å². The third-order valence-electron chi connectivity index (χ3n) is 5.66. The minimum absolute atomic E-state index is 0.00670. The van der Waals surface area contributed by atoms with Crippen LogP contribution >= 0.6 is 0 Å². The first-order valence-electron chi connectivity index (χ1n) is 11.3. The molecule has 0 bridgehead atoms. The van der Waals surface area contributed by atoms with Crippen LogP contribution in [0.5, 0.6) is 5.75 Å². The smallest absolute Gasteiger partial charge is 0.232 e. The highest BCUT2D eigenvalue weighted by atomic mass is 32.2. The van der Waals surface area contributed by atoms with E-state index in [2.05, 4.69) is 22.3 Å². The lowest BCUT2D eigenvalue weighted by molar-refractivity contribution is 0.306. The van der Waals surface area contributed by atoms with Gasteiger partial charge >= 0.3 is 0 Å². The van der Waals surface area contributed by atoms with Crippen LogP contribution < -0.4 is 9.46 Å². The number of ether oxygens (including phenoxy) is 1. The van der Waals surface area contributed by atoms with Crippen molar-refractivity contribution >= 4 is 26.6 Å². The third-order valence-corrected chi connectivity index (χ3v) is 6.96. The zero-order valence-electron chi connectivity index (χ0n) is 19.3. The van der Waals surface area contributed by atoms with Crippen LogP contribution in [0.2, 0.25) is 0 Å². The van der Waals surface area contributed by atoms with E-state index in [1.54, 1.807) is 19.1 Å². The summed E-state index contributed by atoms with van der Waals surface area (Å²) in [7, 11) is -3.35. The van der Waals surface area contributed by atoms with Crippen molar-refractivity contribution in [2.75, 3.05) is 10.5 Å². The molecule has 1 heterocycles. The highest BCUT2D eigenvalue weighted by Gasteiger charge is 2.19. The number of hydrogen-bond acceptors (Lipinski definition) is 4. The Morgan fingerprint density at radius 3 is 2.38 bits per heavy atom. The van der Waals surface area contributed by atoms with E-state index < -0.39 is 10.0 Å². The second-order valence-corrected chi connectivity index (χ2v) is 10.0. The first kappa shape index (κ1) is 23.4. The van der Waals surface area contributed by atoms with Crippen molar-refractivity contribution in [3.05, 3.63) is 83.9 Å². The number of rotatable bonds is 9. The van der Waals surface area contributed by atoms with Gasteiger partial charge in [-0.15, -0.1) is 0 Å². The van der Waals surface area contributed by atoms with Gasteiger partial charge < -0.3 is 9.30 Å². The van der Waals surface area contributed by atoms with Gasteiger partial charge in [0.05, 0.1) is 22.5 Å². The maximum Gasteiger partial charge on any atom is 0.232 e. The predicted molar refractivity (Wildman–Crippen MR) is 136 cm³/mol. The summed E-state index contributed by atoms with van der Waals surface area (Å²) < 4.78 is 34.5. The molecule has 0 spiro atoms. The largest absolute Gasteiger partial charge is 0.489 e. The van der Waals surface area contributed by atoms with Crippen LogP contribution in [-0.2, 0) is 23.2 Å². The number of benzene rings is 3. The van der Waals surface area contributed by atoms with Crippen molar-refractivity contribution in [2.45, 2.75) is 33.4 Å². The fourth-order valence-corrected chi connectivity index (χ4v) is 4.62. The topological polar surface area (TPSA) is 84.1 Å². The van der Waals surface area contributed by atoms with Crippen LogP contribution in [-0.4, -0.2) is 18.7 Å². The zero-order valence-corrected chi connectivity index (χ0v) is 20.1. The first-order valence-corrected chi connectivity index (χ1v) is 12.9. The van der Waals surface area contributed by atoms with Crippen molar-refractivity contribution < 1.29 is 13.2 Å². The van der Waals surface area contributed by atoms with E-state index in [0.29, 0.717) is 17.9 Å². The monoisotopic (exact) mass is 473 g/mol. The third kappa shape index (κ3) is 4.92. The minimum Gasteiger partial charge on any atom is -0.489 e. The van der Waals surface area contributed by atoms with Crippen LogP contribution in [0.3, 0.4) is 0 Å². The number of nitriles is 1. The zero-order chi connectivity index (χ0) is 24.1. The molecular weight excluding hydrogens is 446 g/mol. The Balaban J connectivity index is 1.74. The van der Waals surface area contributed by atoms with Gasteiger partial charge in [0.2, 0.25) is 10.0 Å². The quantitative estimate of drug-likeness (QED) is 0.326. The van der Waals surface area contributed by atoms with Gasteiger partial charge in [-0.2, -0.15) is 5.26 Å². The molecule has 3 aromatic carbocycles. The number of nitrogens with one attached hydrogen (secondary N) is 1. The van der Waals surface area contributed by atoms with Gasteiger partial charge in [-0.1, -0.05) is 49.4 Å². The van der Waals surface area contributed by atoms with Crippen molar-refractivity contribution in [3.63, 3.8) is 0 Å². The number of nitrogens with zero attached hydrogens (tertiary/aromatic N) is 2. The van der Waals surface area contributed by atoms with Gasteiger partial charge in [-0.3, -0.25) is 4.72 Å². The normalized spacial score (nSPS) is 11.3. The number of aromatic nitrogens is 1. The van der Waals surface area contributed by atoms with E-state index in [1.165, 1.54) is 0 Å². The van der Waals surface area contributed by atoms with E-state index in [1.807, 2.05) is 60.7 Å². The molecule has 6 nitrogen and oxygen atoms in total.